The number of carboxylic acid groups (broad SMARTS) is 1. The van der Waals surface area contributed by atoms with Gasteiger partial charge in [-0.3, -0.25) is 9.97 Å². The highest BCUT2D eigenvalue weighted by molar-refractivity contribution is 6.31. The summed E-state index contributed by atoms with van der Waals surface area (Å²) in [6.07, 6.45) is 10.0. The lowest BCUT2D eigenvalue weighted by Crippen LogP contribution is -2.39. The first-order valence-electron chi connectivity index (χ1n) is 15.7. The molecule has 11 heteroatoms. The lowest BCUT2D eigenvalue weighted by atomic mass is 9.82. The van der Waals surface area contributed by atoms with Crippen LogP contribution in [0.15, 0.2) is 55.2 Å². The van der Waals surface area contributed by atoms with Crippen LogP contribution in [0.4, 0.5) is 11.6 Å². The summed E-state index contributed by atoms with van der Waals surface area (Å²) in [6.45, 7) is 13.1. The molecule has 1 saturated heterocycles. The summed E-state index contributed by atoms with van der Waals surface area (Å²) in [5.41, 5.74) is 6.36. The molecule has 0 spiro atoms. The molecule has 4 aromatic rings. The standard InChI is InChI=1S/C35H40ClN7O3/c1-34(2,3)46-30(32(44)45)28-29(42-16-10-35(4,5)11-17-42)25(19-40-31(28)36)23-6-7-24-21-43(15-9-22(24)18-23)33-39-12-8-26(41-33)27-20-37-13-14-38-27/h6-8,12-14,18-20,30H,9-11,15-17,21H2,1-5H3,(H,44,45). The Morgan fingerprint density at radius 2 is 1.74 bits per heavy atom. The molecule has 0 radical (unpaired) electrons. The van der Waals surface area contributed by atoms with E-state index in [0.29, 0.717) is 23.8 Å². The Kier molecular flexibility index (Phi) is 8.69. The number of hydrogen-bond acceptors (Lipinski definition) is 9. The van der Waals surface area contributed by atoms with Crippen LogP contribution in [-0.2, 0) is 22.5 Å². The Hall–Kier alpha value is -4.15. The fraction of sp³-hybridized carbons (Fsp3) is 0.429. The van der Waals surface area contributed by atoms with Crippen molar-refractivity contribution in [3.8, 4) is 22.5 Å². The molecule has 0 aliphatic carbocycles. The Morgan fingerprint density at radius 3 is 2.43 bits per heavy atom. The first-order valence-corrected chi connectivity index (χ1v) is 16.1. The molecule has 0 amide bonds. The number of carboxylic acids is 1. The topological polar surface area (TPSA) is 117 Å². The Morgan fingerprint density at radius 1 is 0.957 bits per heavy atom. The number of benzene rings is 1. The zero-order valence-electron chi connectivity index (χ0n) is 27.0. The van der Waals surface area contributed by atoms with Gasteiger partial charge in [-0.2, -0.15) is 0 Å². The third kappa shape index (κ3) is 6.83. The maximum atomic E-state index is 12.7. The van der Waals surface area contributed by atoms with E-state index < -0.39 is 17.7 Å². The average molecular weight is 642 g/mol. The molecule has 10 nitrogen and oxygen atoms in total. The predicted molar refractivity (Wildman–Crippen MR) is 179 cm³/mol. The summed E-state index contributed by atoms with van der Waals surface area (Å²) in [4.78, 5) is 39.6. The average Bonchev–Trinajstić information content (AvgIpc) is 3.03. The van der Waals surface area contributed by atoms with Crippen molar-refractivity contribution in [2.45, 2.75) is 72.1 Å². The van der Waals surface area contributed by atoms with Gasteiger partial charge in [-0.15, -0.1) is 0 Å². The van der Waals surface area contributed by atoms with Crippen LogP contribution in [0.2, 0.25) is 5.15 Å². The van der Waals surface area contributed by atoms with Crippen molar-refractivity contribution in [1.82, 2.24) is 24.9 Å². The largest absolute Gasteiger partial charge is 0.479 e. The van der Waals surface area contributed by atoms with E-state index in [0.717, 1.165) is 61.4 Å². The minimum Gasteiger partial charge on any atom is -0.479 e. The molecule has 0 bridgehead atoms. The van der Waals surface area contributed by atoms with Gasteiger partial charge in [-0.25, -0.2) is 19.7 Å². The number of rotatable bonds is 7. The summed E-state index contributed by atoms with van der Waals surface area (Å²) in [7, 11) is 0. The van der Waals surface area contributed by atoms with Crippen LogP contribution in [0, 0.1) is 5.41 Å². The van der Waals surface area contributed by atoms with Crippen LogP contribution >= 0.6 is 11.6 Å². The van der Waals surface area contributed by atoms with Crippen LogP contribution in [0.5, 0.6) is 0 Å². The Labute approximate surface area is 274 Å². The van der Waals surface area contributed by atoms with E-state index in [4.69, 9.17) is 21.3 Å². The van der Waals surface area contributed by atoms with E-state index in [1.165, 1.54) is 11.1 Å². The van der Waals surface area contributed by atoms with Crippen LogP contribution in [0.25, 0.3) is 22.5 Å². The number of carbonyl (C=O) groups is 1. The molecule has 1 atom stereocenters. The monoisotopic (exact) mass is 641 g/mol. The van der Waals surface area contributed by atoms with E-state index in [2.05, 4.69) is 61.8 Å². The zero-order chi connectivity index (χ0) is 32.6. The van der Waals surface area contributed by atoms with Crippen LogP contribution in [0.1, 0.15) is 70.3 Å². The van der Waals surface area contributed by atoms with E-state index in [-0.39, 0.29) is 10.6 Å². The fourth-order valence-corrected chi connectivity index (χ4v) is 6.40. The number of pyridine rings is 1. The molecule has 46 heavy (non-hydrogen) atoms. The third-order valence-corrected chi connectivity index (χ3v) is 9.01. The smallest absolute Gasteiger partial charge is 0.337 e. The summed E-state index contributed by atoms with van der Waals surface area (Å²) in [5.74, 6) is -0.441. The molecule has 1 N–H and O–H groups in total. The first kappa shape index (κ1) is 31.8. The molecule has 5 heterocycles. The van der Waals surface area contributed by atoms with Gasteiger partial charge < -0.3 is 19.6 Å². The van der Waals surface area contributed by atoms with E-state index in [1.807, 2.05) is 26.8 Å². The third-order valence-electron chi connectivity index (χ3n) is 8.71. The van der Waals surface area contributed by atoms with Gasteiger partial charge in [0.2, 0.25) is 5.95 Å². The molecule has 2 aliphatic heterocycles. The van der Waals surface area contributed by atoms with Crippen LogP contribution in [0.3, 0.4) is 0 Å². The molecular formula is C35H40ClN7O3. The highest BCUT2D eigenvalue weighted by Crippen LogP contribution is 2.45. The van der Waals surface area contributed by atoms with Crippen molar-refractivity contribution in [2.24, 2.45) is 5.41 Å². The number of piperidine rings is 1. The number of halogens is 1. The molecule has 2 aliphatic rings. The number of hydrogen-bond donors (Lipinski definition) is 1. The van der Waals surface area contributed by atoms with Gasteiger partial charge in [-0.05, 0) is 68.2 Å². The highest BCUT2D eigenvalue weighted by atomic mass is 35.5. The van der Waals surface area contributed by atoms with Crippen molar-refractivity contribution in [3.05, 3.63) is 77.1 Å². The molecule has 6 rings (SSSR count). The van der Waals surface area contributed by atoms with Gasteiger partial charge >= 0.3 is 5.97 Å². The zero-order valence-corrected chi connectivity index (χ0v) is 27.8. The van der Waals surface area contributed by atoms with Crippen LogP contribution in [-0.4, -0.2) is 61.2 Å². The van der Waals surface area contributed by atoms with Gasteiger partial charge in [0.1, 0.15) is 10.8 Å². The van der Waals surface area contributed by atoms with E-state index >= 15 is 0 Å². The van der Waals surface area contributed by atoms with Crippen molar-refractivity contribution in [1.29, 1.82) is 0 Å². The fourth-order valence-electron chi connectivity index (χ4n) is 6.17. The van der Waals surface area contributed by atoms with E-state index in [1.54, 1.807) is 31.0 Å². The minimum atomic E-state index is -1.27. The van der Waals surface area contributed by atoms with E-state index in [9.17, 15) is 9.90 Å². The molecule has 1 fully saturated rings. The molecular weight excluding hydrogens is 602 g/mol. The van der Waals surface area contributed by atoms with Gasteiger partial charge in [-0.1, -0.05) is 43.6 Å². The summed E-state index contributed by atoms with van der Waals surface area (Å²) in [6, 6.07) is 8.27. The Bertz CT molecular complexity index is 1730. The maximum absolute atomic E-state index is 12.7. The minimum absolute atomic E-state index is 0.151. The second kappa shape index (κ2) is 12.6. The lowest BCUT2D eigenvalue weighted by Gasteiger charge is -2.40. The SMILES string of the molecule is CC1(C)CCN(c2c(-c3ccc4c(c3)CCN(c3nccc(-c5cnccn5)n3)C4)cnc(Cl)c2C(OC(C)(C)C)C(=O)O)CC1. The Balaban J connectivity index is 1.36. The van der Waals surface area contributed by atoms with Gasteiger partial charge in [0.15, 0.2) is 6.10 Å². The van der Waals surface area contributed by atoms with Gasteiger partial charge in [0, 0.05) is 56.5 Å². The summed E-state index contributed by atoms with van der Waals surface area (Å²) >= 11 is 6.77. The molecule has 0 saturated carbocycles. The second-order valence-corrected chi connectivity index (χ2v) is 14.2. The van der Waals surface area contributed by atoms with Crippen molar-refractivity contribution < 1.29 is 14.6 Å². The van der Waals surface area contributed by atoms with Crippen molar-refractivity contribution in [3.63, 3.8) is 0 Å². The first-order chi connectivity index (χ1) is 21.9. The maximum Gasteiger partial charge on any atom is 0.337 e. The van der Waals surface area contributed by atoms with Gasteiger partial charge in [0.05, 0.1) is 28.7 Å². The number of anilines is 2. The normalized spacial score (nSPS) is 17.0. The number of fused-ring (bicyclic) bond motifs is 1. The number of aliphatic carboxylic acids is 1. The number of aromatic nitrogens is 5. The van der Waals surface area contributed by atoms with Gasteiger partial charge in [0.25, 0.3) is 0 Å². The highest BCUT2D eigenvalue weighted by Gasteiger charge is 2.36. The molecule has 240 valence electrons. The second-order valence-electron chi connectivity index (χ2n) is 13.8. The quantitative estimate of drug-likeness (QED) is 0.216. The molecule has 1 aromatic carbocycles. The number of nitrogens with zero attached hydrogens (tertiary/aromatic N) is 7. The van der Waals surface area contributed by atoms with Crippen LogP contribution < -0.4 is 9.80 Å². The predicted octanol–water partition coefficient (Wildman–Crippen LogP) is 6.78. The lowest BCUT2D eigenvalue weighted by molar-refractivity contribution is -0.160. The molecule has 3 aromatic heterocycles. The van der Waals surface area contributed by atoms with Crippen molar-refractivity contribution in [2.75, 3.05) is 29.4 Å². The summed E-state index contributed by atoms with van der Waals surface area (Å²) in [5, 5.41) is 10.5. The molecule has 1 unspecified atom stereocenters. The summed E-state index contributed by atoms with van der Waals surface area (Å²) < 4.78 is 6.14. The number of ether oxygens (including phenoxy) is 1. The van der Waals surface area contributed by atoms with Crippen molar-refractivity contribution >= 4 is 29.2 Å².